The Bertz CT molecular complexity index is 537. The molecule has 100 valence electrons. The Balaban J connectivity index is 1.79. The first kappa shape index (κ1) is 14.5. The van der Waals surface area contributed by atoms with E-state index in [-0.39, 0.29) is 0 Å². The van der Waals surface area contributed by atoms with Crippen LogP contribution in [-0.2, 0) is 0 Å². The molecule has 0 aliphatic heterocycles. The van der Waals surface area contributed by atoms with E-state index in [4.69, 9.17) is 4.74 Å². The lowest BCUT2D eigenvalue weighted by atomic mass is 10.2. The molecule has 0 saturated carbocycles. The van der Waals surface area contributed by atoms with Gasteiger partial charge in [-0.1, -0.05) is 33.6 Å². The molecular formula is C16H17BrOS. The Labute approximate surface area is 127 Å². The molecule has 0 radical (unpaired) electrons. The normalized spacial score (nSPS) is 10.5. The van der Waals surface area contributed by atoms with Crippen LogP contribution in [0.3, 0.4) is 0 Å². The highest BCUT2D eigenvalue weighted by molar-refractivity contribution is 9.10. The molecule has 2 rings (SSSR count). The minimum Gasteiger partial charge on any atom is -0.493 e. The van der Waals surface area contributed by atoms with Crippen LogP contribution in [0, 0.1) is 13.8 Å². The molecule has 3 heteroatoms. The number of rotatable bonds is 5. The zero-order valence-corrected chi connectivity index (χ0v) is 13.6. The van der Waals surface area contributed by atoms with Gasteiger partial charge in [-0.2, -0.15) is 0 Å². The van der Waals surface area contributed by atoms with Crippen LogP contribution in [0.1, 0.15) is 11.1 Å². The average Bonchev–Trinajstić information content (AvgIpc) is 2.39. The summed E-state index contributed by atoms with van der Waals surface area (Å²) in [5, 5.41) is 0. The Morgan fingerprint density at radius 3 is 2.47 bits per heavy atom. The number of benzene rings is 2. The molecule has 0 aliphatic carbocycles. The third-order valence-electron chi connectivity index (χ3n) is 2.75. The summed E-state index contributed by atoms with van der Waals surface area (Å²) in [6.07, 6.45) is 0. The highest BCUT2D eigenvalue weighted by atomic mass is 79.9. The van der Waals surface area contributed by atoms with Gasteiger partial charge in [0, 0.05) is 15.1 Å². The van der Waals surface area contributed by atoms with Crippen molar-refractivity contribution in [3.8, 4) is 5.75 Å². The third-order valence-corrected chi connectivity index (χ3v) is 4.42. The molecule has 0 unspecified atom stereocenters. The monoisotopic (exact) mass is 336 g/mol. The first-order valence-corrected chi connectivity index (χ1v) is 8.01. The fourth-order valence-electron chi connectivity index (χ4n) is 1.80. The Morgan fingerprint density at radius 1 is 1.05 bits per heavy atom. The number of halogens is 1. The molecule has 0 bridgehead atoms. The second-order valence-corrected chi connectivity index (χ2v) is 6.47. The van der Waals surface area contributed by atoms with Crippen molar-refractivity contribution in [3.63, 3.8) is 0 Å². The van der Waals surface area contributed by atoms with E-state index in [9.17, 15) is 0 Å². The van der Waals surface area contributed by atoms with Crippen molar-refractivity contribution < 1.29 is 4.74 Å². The lowest BCUT2D eigenvalue weighted by molar-refractivity contribution is 0.344. The van der Waals surface area contributed by atoms with Crippen LogP contribution in [0.2, 0.25) is 0 Å². The lowest BCUT2D eigenvalue weighted by Crippen LogP contribution is -2.00. The molecular weight excluding hydrogens is 320 g/mol. The smallest absolute Gasteiger partial charge is 0.119 e. The third kappa shape index (κ3) is 4.59. The first-order valence-electron chi connectivity index (χ1n) is 6.23. The van der Waals surface area contributed by atoms with E-state index >= 15 is 0 Å². The van der Waals surface area contributed by atoms with Crippen LogP contribution in [0.15, 0.2) is 51.8 Å². The van der Waals surface area contributed by atoms with Gasteiger partial charge in [-0.05, 0) is 49.7 Å². The summed E-state index contributed by atoms with van der Waals surface area (Å²) in [6.45, 7) is 5.00. The molecule has 0 aromatic heterocycles. The van der Waals surface area contributed by atoms with Gasteiger partial charge in [-0.3, -0.25) is 0 Å². The maximum atomic E-state index is 5.70. The van der Waals surface area contributed by atoms with E-state index in [2.05, 4.69) is 48.0 Å². The van der Waals surface area contributed by atoms with Crippen LogP contribution in [-0.4, -0.2) is 12.4 Å². The molecule has 2 aromatic rings. The minimum absolute atomic E-state index is 0.722. The molecule has 0 heterocycles. The molecule has 0 amide bonds. The second-order valence-electron chi connectivity index (χ2n) is 4.42. The molecule has 0 fully saturated rings. The maximum absolute atomic E-state index is 5.70. The van der Waals surface area contributed by atoms with Crippen molar-refractivity contribution in [2.24, 2.45) is 0 Å². The van der Waals surface area contributed by atoms with Gasteiger partial charge in [-0.15, -0.1) is 11.8 Å². The van der Waals surface area contributed by atoms with Gasteiger partial charge in [0.1, 0.15) is 5.75 Å². The largest absolute Gasteiger partial charge is 0.493 e. The average molecular weight is 337 g/mol. The van der Waals surface area contributed by atoms with Gasteiger partial charge >= 0.3 is 0 Å². The lowest BCUT2D eigenvalue weighted by Gasteiger charge is -2.08. The highest BCUT2D eigenvalue weighted by Crippen LogP contribution is 2.23. The zero-order valence-electron chi connectivity index (χ0n) is 11.2. The predicted molar refractivity (Wildman–Crippen MR) is 86.3 cm³/mol. The van der Waals surface area contributed by atoms with Gasteiger partial charge in [0.25, 0.3) is 0 Å². The fourth-order valence-corrected chi connectivity index (χ4v) is 2.91. The topological polar surface area (TPSA) is 9.23 Å². The molecule has 0 saturated heterocycles. The van der Waals surface area contributed by atoms with Crippen molar-refractivity contribution in [2.45, 2.75) is 18.7 Å². The summed E-state index contributed by atoms with van der Waals surface area (Å²) in [5.41, 5.74) is 2.65. The van der Waals surface area contributed by atoms with E-state index in [0.717, 1.165) is 22.6 Å². The molecule has 0 aliphatic rings. The predicted octanol–water partition coefficient (Wildman–Crippen LogP) is 5.24. The minimum atomic E-state index is 0.722. The van der Waals surface area contributed by atoms with Gasteiger partial charge in [0.2, 0.25) is 0 Å². The van der Waals surface area contributed by atoms with Gasteiger partial charge in [0.15, 0.2) is 0 Å². The summed E-state index contributed by atoms with van der Waals surface area (Å²) in [6, 6.07) is 14.5. The number of hydrogen-bond acceptors (Lipinski definition) is 2. The fraction of sp³-hybridized carbons (Fsp3) is 0.250. The maximum Gasteiger partial charge on any atom is 0.119 e. The number of thioether (sulfide) groups is 1. The summed E-state index contributed by atoms with van der Waals surface area (Å²) < 4.78 is 6.78. The van der Waals surface area contributed by atoms with Crippen LogP contribution in [0.25, 0.3) is 0 Å². The summed E-state index contributed by atoms with van der Waals surface area (Å²) in [4.78, 5) is 1.34. The van der Waals surface area contributed by atoms with Crippen molar-refractivity contribution in [2.75, 3.05) is 12.4 Å². The standard InChI is InChI=1S/C16H17BrOS/c1-12-3-8-16(13(2)11-12)19-10-9-18-15-6-4-14(17)5-7-15/h3-8,11H,9-10H2,1-2H3. The van der Waals surface area contributed by atoms with E-state index in [1.54, 1.807) is 0 Å². The van der Waals surface area contributed by atoms with Crippen LogP contribution in [0.4, 0.5) is 0 Å². The van der Waals surface area contributed by atoms with Crippen molar-refractivity contribution >= 4 is 27.7 Å². The summed E-state index contributed by atoms with van der Waals surface area (Å²) in [5.74, 6) is 1.88. The van der Waals surface area contributed by atoms with E-state index in [0.29, 0.717) is 0 Å². The van der Waals surface area contributed by atoms with E-state index in [1.165, 1.54) is 16.0 Å². The molecule has 0 spiro atoms. The Hall–Kier alpha value is -0.930. The quantitative estimate of drug-likeness (QED) is 0.545. The van der Waals surface area contributed by atoms with Crippen molar-refractivity contribution in [1.82, 2.24) is 0 Å². The van der Waals surface area contributed by atoms with Gasteiger partial charge in [-0.25, -0.2) is 0 Å². The van der Waals surface area contributed by atoms with E-state index in [1.807, 2.05) is 36.0 Å². The summed E-state index contributed by atoms with van der Waals surface area (Å²) >= 11 is 5.26. The van der Waals surface area contributed by atoms with Gasteiger partial charge < -0.3 is 4.74 Å². The van der Waals surface area contributed by atoms with Crippen molar-refractivity contribution in [3.05, 3.63) is 58.1 Å². The molecule has 2 aromatic carbocycles. The number of hydrogen-bond donors (Lipinski definition) is 0. The van der Waals surface area contributed by atoms with Crippen molar-refractivity contribution in [1.29, 1.82) is 0 Å². The Kier molecular flexibility index (Phi) is 5.34. The zero-order chi connectivity index (χ0) is 13.7. The molecule has 0 atom stereocenters. The number of ether oxygens (including phenoxy) is 1. The van der Waals surface area contributed by atoms with E-state index < -0.39 is 0 Å². The molecule has 0 N–H and O–H groups in total. The first-order chi connectivity index (χ1) is 9.15. The van der Waals surface area contributed by atoms with Crippen LogP contribution >= 0.6 is 27.7 Å². The summed E-state index contributed by atoms with van der Waals surface area (Å²) in [7, 11) is 0. The highest BCUT2D eigenvalue weighted by Gasteiger charge is 2.00. The van der Waals surface area contributed by atoms with Crippen LogP contribution in [0.5, 0.6) is 5.75 Å². The SMILES string of the molecule is Cc1ccc(SCCOc2ccc(Br)cc2)c(C)c1. The van der Waals surface area contributed by atoms with Gasteiger partial charge in [0.05, 0.1) is 6.61 Å². The second kappa shape index (κ2) is 7.01. The molecule has 19 heavy (non-hydrogen) atoms. The molecule has 1 nitrogen and oxygen atoms in total. The number of aryl methyl sites for hydroxylation is 2. The Morgan fingerprint density at radius 2 is 1.79 bits per heavy atom. The van der Waals surface area contributed by atoms with Crippen LogP contribution < -0.4 is 4.74 Å².